The van der Waals surface area contributed by atoms with Crippen LogP contribution in [0, 0.1) is 13.8 Å². The standard InChI is InChI=1S/C13H17BrN2O2/c1-9-3-4-12(10(2)15-9)13(17)16-5-6-18-11(7-14)8-16/h3-4,11H,5-8H2,1-2H3. The van der Waals surface area contributed by atoms with Crippen LogP contribution in [0.25, 0.3) is 0 Å². The summed E-state index contributed by atoms with van der Waals surface area (Å²) < 4.78 is 5.54. The number of aryl methyl sites for hydroxylation is 2. The molecule has 1 aromatic heterocycles. The molecule has 1 saturated heterocycles. The van der Waals surface area contributed by atoms with E-state index in [1.807, 2.05) is 30.9 Å². The van der Waals surface area contributed by atoms with Crippen molar-refractivity contribution < 1.29 is 9.53 Å². The third kappa shape index (κ3) is 2.90. The van der Waals surface area contributed by atoms with Crippen molar-refractivity contribution in [2.75, 3.05) is 25.0 Å². The van der Waals surface area contributed by atoms with Crippen molar-refractivity contribution >= 4 is 21.8 Å². The molecule has 98 valence electrons. The second kappa shape index (κ2) is 5.80. The van der Waals surface area contributed by atoms with Gasteiger partial charge in [-0.15, -0.1) is 0 Å². The molecule has 2 rings (SSSR count). The van der Waals surface area contributed by atoms with Crippen LogP contribution in [0.5, 0.6) is 0 Å². The second-order valence-corrected chi connectivity index (χ2v) is 5.13. The average Bonchev–Trinajstić information content (AvgIpc) is 2.38. The lowest BCUT2D eigenvalue weighted by molar-refractivity contribution is -0.00970. The van der Waals surface area contributed by atoms with Crippen molar-refractivity contribution in [2.24, 2.45) is 0 Å². The van der Waals surface area contributed by atoms with Crippen LogP contribution in [0.4, 0.5) is 0 Å². The zero-order valence-corrected chi connectivity index (χ0v) is 12.2. The highest BCUT2D eigenvalue weighted by Crippen LogP contribution is 2.14. The molecule has 1 amide bonds. The van der Waals surface area contributed by atoms with Crippen LogP contribution in [0.15, 0.2) is 12.1 Å². The fraction of sp³-hybridized carbons (Fsp3) is 0.538. The van der Waals surface area contributed by atoms with Crippen molar-refractivity contribution in [3.8, 4) is 0 Å². The average molecular weight is 313 g/mol. The highest BCUT2D eigenvalue weighted by molar-refractivity contribution is 9.09. The van der Waals surface area contributed by atoms with Gasteiger partial charge in [-0.05, 0) is 26.0 Å². The van der Waals surface area contributed by atoms with E-state index in [2.05, 4.69) is 20.9 Å². The molecule has 2 heterocycles. The SMILES string of the molecule is Cc1ccc(C(=O)N2CCOC(CBr)C2)c(C)n1. The predicted octanol–water partition coefficient (Wildman–Crippen LogP) is 1.93. The Morgan fingerprint density at radius 1 is 1.56 bits per heavy atom. The number of amides is 1. The summed E-state index contributed by atoms with van der Waals surface area (Å²) in [5, 5.41) is 0.752. The Morgan fingerprint density at radius 2 is 2.33 bits per heavy atom. The summed E-state index contributed by atoms with van der Waals surface area (Å²) in [6.45, 7) is 5.69. The van der Waals surface area contributed by atoms with Crippen molar-refractivity contribution in [3.05, 3.63) is 29.1 Å². The lowest BCUT2D eigenvalue weighted by atomic mass is 10.1. The first-order chi connectivity index (χ1) is 8.61. The van der Waals surface area contributed by atoms with Gasteiger partial charge in [0.05, 0.1) is 24.0 Å². The number of nitrogens with zero attached hydrogens (tertiary/aromatic N) is 2. The van der Waals surface area contributed by atoms with Gasteiger partial charge >= 0.3 is 0 Å². The number of rotatable bonds is 2. The zero-order valence-electron chi connectivity index (χ0n) is 10.6. The van der Waals surface area contributed by atoms with E-state index in [9.17, 15) is 4.79 Å². The van der Waals surface area contributed by atoms with Crippen LogP contribution in [-0.4, -0.2) is 46.9 Å². The molecule has 0 bridgehead atoms. The van der Waals surface area contributed by atoms with Gasteiger partial charge in [0.2, 0.25) is 0 Å². The van der Waals surface area contributed by atoms with Crippen molar-refractivity contribution in [3.63, 3.8) is 0 Å². The van der Waals surface area contributed by atoms with Gasteiger partial charge in [-0.3, -0.25) is 9.78 Å². The minimum atomic E-state index is 0.0502. The van der Waals surface area contributed by atoms with Crippen LogP contribution in [-0.2, 0) is 4.74 Å². The third-order valence-electron chi connectivity index (χ3n) is 3.05. The maximum atomic E-state index is 12.4. The fourth-order valence-electron chi connectivity index (χ4n) is 2.08. The third-order valence-corrected chi connectivity index (χ3v) is 3.78. The molecule has 4 nitrogen and oxygen atoms in total. The Kier molecular flexibility index (Phi) is 4.35. The number of ether oxygens (including phenoxy) is 1. The number of alkyl halides is 1. The lowest BCUT2D eigenvalue weighted by Gasteiger charge is -2.32. The quantitative estimate of drug-likeness (QED) is 0.784. The van der Waals surface area contributed by atoms with Crippen LogP contribution in [0.1, 0.15) is 21.7 Å². The van der Waals surface area contributed by atoms with Gasteiger partial charge < -0.3 is 9.64 Å². The van der Waals surface area contributed by atoms with Gasteiger partial charge in [-0.1, -0.05) is 15.9 Å². The van der Waals surface area contributed by atoms with Crippen LogP contribution in [0.3, 0.4) is 0 Å². The van der Waals surface area contributed by atoms with Crippen molar-refractivity contribution in [1.29, 1.82) is 0 Å². The van der Waals surface area contributed by atoms with Crippen molar-refractivity contribution in [2.45, 2.75) is 20.0 Å². The fourth-order valence-corrected chi connectivity index (χ4v) is 2.47. The topological polar surface area (TPSA) is 42.4 Å². The van der Waals surface area contributed by atoms with E-state index in [0.29, 0.717) is 25.3 Å². The summed E-state index contributed by atoms with van der Waals surface area (Å²) in [5.74, 6) is 0.0502. The molecule has 0 aromatic carbocycles. The van der Waals surface area contributed by atoms with Gasteiger partial charge in [0.25, 0.3) is 5.91 Å². The van der Waals surface area contributed by atoms with Crippen molar-refractivity contribution in [1.82, 2.24) is 9.88 Å². The first-order valence-corrected chi connectivity index (χ1v) is 7.15. The molecule has 1 unspecified atom stereocenters. The number of hydrogen-bond acceptors (Lipinski definition) is 3. The van der Waals surface area contributed by atoms with E-state index in [0.717, 1.165) is 16.7 Å². The maximum absolute atomic E-state index is 12.4. The highest BCUT2D eigenvalue weighted by Gasteiger charge is 2.25. The van der Waals surface area contributed by atoms with Crippen LogP contribution >= 0.6 is 15.9 Å². The second-order valence-electron chi connectivity index (χ2n) is 4.48. The van der Waals surface area contributed by atoms with E-state index in [-0.39, 0.29) is 12.0 Å². The Morgan fingerprint density at radius 3 is 3.00 bits per heavy atom. The van der Waals surface area contributed by atoms with Gasteiger partial charge in [0.1, 0.15) is 0 Å². The lowest BCUT2D eigenvalue weighted by Crippen LogP contribution is -2.46. The Hall–Kier alpha value is -0.940. The number of morpholine rings is 1. The minimum absolute atomic E-state index is 0.0502. The largest absolute Gasteiger partial charge is 0.374 e. The van der Waals surface area contributed by atoms with Crippen LogP contribution in [0.2, 0.25) is 0 Å². The summed E-state index contributed by atoms with van der Waals surface area (Å²) in [6.07, 6.45) is 0.0846. The molecule has 0 spiro atoms. The Labute approximate surface area is 115 Å². The molecular formula is C13H17BrN2O2. The summed E-state index contributed by atoms with van der Waals surface area (Å²) in [4.78, 5) is 18.6. The van der Waals surface area contributed by atoms with E-state index in [4.69, 9.17) is 4.74 Å². The van der Waals surface area contributed by atoms with Gasteiger partial charge in [0.15, 0.2) is 0 Å². The molecule has 0 aliphatic carbocycles. The molecule has 0 radical (unpaired) electrons. The van der Waals surface area contributed by atoms with Gasteiger partial charge in [0, 0.05) is 24.1 Å². The molecule has 5 heteroatoms. The van der Waals surface area contributed by atoms with E-state index in [1.54, 1.807) is 0 Å². The normalized spacial score (nSPS) is 19.9. The van der Waals surface area contributed by atoms with Crippen LogP contribution < -0.4 is 0 Å². The first kappa shape index (κ1) is 13.5. The summed E-state index contributed by atoms with van der Waals surface area (Å²) >= 11 is 3.39. The molecule has 0 saturated carbocycles. The highest BCUT2D eigenvalue weighted by atomic mass is 79.9. The molecule has 1 atom stereocenters. The van der Waals surface area contributed by atoms with Gasteiger partial charge in [-0.2, -0.15) is 0 Å². The minimum Gasteiger partial charge on any atom is -0.374 e. The smallest absolute Gasteiger partial charge is 0.255 e. The molecular weight excluding hydrogens is 296 g/mol. The van der Waals surface area contributed by atoms with E-state index >= 15 is 0 Å². The number of carbonyl (C=O) groups excluding carboxylic acids is 1. The number of aromatic nitrogens is 1. The number of pyridine rings is 1. The van der Waals surface area contributed by atoms with E-state index < -0.39 is 0 Å². The molecule has 0 N–H and O–H groups in total. The first-order valence-electron chi connectivity index (χ1n) is 6.03. The number of carbonyl (C=O) groups is 1. The van der Waals surface area contributed by atoms with Gasteiger partial charge in [-0.25, -0.2) is 0 Å². The monoisotopic (exact) mass is 312 g/mol. The number of hydrogen-bond donors (Lipinski definition) is 0. The molecule has 1 aliphatic rings. The molecule has 18 heavy (non-hydrogen) atoms. The van der Waals surface area contributed by atoms with E-state index in [1.165, 1.54) is 0 Å². The Bertz CT molecular complexity index is 451. The zero-order chi connectivity index (χ0) is 13.1. The molecule has 1 aliphatic heterocycles. The number of halogens is 1. The summed E-state index contributed by atoms with van der Waals surface area (Å²) in [6, 6.07) is 3.74. The maximum Gasteiger partial charge on any atom is 0.255 e. The Balaban J connectivity index is 2.15. The molecule has 1 fully saturated rings. The summed E-state index contributed by atoms with van der Waals surface area (Å²) in [5.41, 5.74) is 2.42. The molecule has 1 aromatic rings. The predicted molar refractivity (Wildman–Crippen MR) is 73.1 cm³/mol. The summed E-state index contributed by atoms with van der Waals surface area (Å²) in [7, 11) is 0.